The number of fused-ring (bicyclic) bond motifs is 2. The van der Waals surface area contributed by atoms with E-state index >= 15 is 0 Å². The van der Waals surface area contributed by atoms with Gasteiger partial charge in [-0.1, -0.05) is 31.2 Å². The van der Waals surface area contributed by atoms with Crippen LogP contribution in [-0.4, -0.2) is 46.3 Å². The molecule has 2 spiro atoms. The highest BCUT2D eigenvalue weighted by Crippen LogP contribution is 2.69. The normalized spacial score (nSPS) is 43.6. The second kappa shape index (κ2) is 7.52. The van der Waals surface area contributed by atoms with Crippen molar-refractivity contribution in [1.82, 2.24) is 9.88 Å². The van der Waals surface area contributed by atoms with Crippen molar-refractivity contribution in [2.24, 2.45) is 17.1 Å². The smallest absolute Gasteiger partial charge is 0.0974 e. The molecule has 4 nitrogen and oxygen atoms in total. The Kier molecular flexibility index (Phi) is 4.60. The minimum absolute atomic E-state index is 0.0299. The Labute approximate surface area is 215 Å². The Hall–Kier alpha value is -2.01. The molecule has 6 aliphatic rings. The summed E-state index contributed by atoms with van der Waals surface area (Å²) in [6, 6.07) is 10.2. The highest BCUT2D eigenvalue weighted by molar-refractivity contribution is 5.82. The van der Waals surface area contributed by atoms with Gasteiger partial charge in [0.2, 0.25) is 0 Å². The maximum Gasteiger partial charge on any atom is 0.0974 e. The monoisotopic (exact) mass is 481 g/mol. The van der Waals surface area contributed by atoms with Crippen LogP contribution in [0.1, 0.15) is 76.2 Å². The first-order chi connectivity index (χ1) is 17.5. The predicted octanol–water partition coefficient (Wildman–Crippen LogP) is 5.88. The van der Waals surface area contributed by atoms with E-state index in [4.69, 9.17) is 10.5 Å². The predicted molar refractivity (Wildman–Crippen MR) is 144 cm³/mol. The maximum atomic E-state index is 7.53. The molecule has 2 N–H and O–H groups in total. The summed E-state index contributed by atoms with van der Waals surface area (Å²) < 4.78 is 7.53. The first kappa shape index (κ1) is 22.0. The van der Waals surface area contributed by atoms with Crippen molar-refractivity contribution < 1.29 is 4.74 Å². The summed E-state index contributed by atoms with van der Waals surface area (Å²) in [5.74, 6) is 1.17. The molecule has 7 atom stereocenters. The summed E-state index contributed by atoms with van der Waals surface area (Å²) in [4.78, 5) is 7.07. The molecule has 1 aromatic heterocycles. The van der Waals surface area contributed by atoms with Gasteiger partial charge in [0, 0.05) is 43.0 Å². The summed E-state index contributed by atoms with van der Waals surface area (Å²) in [6.07, 6.45) is 20.0. The van der Waals surface area contributed by atoms with Crippen molar-refractivity contribution in [2.45, 2.75) is 93.9 Å². The Morgan fingerprint density at radius 2 is 2.03 bits per heavy atom. The van der Waals surface area contributed by atoms with E-state index in [9.17, 15) is 0 Å². The molecular formula is C32H39N3O. The molecule has 3 aliphatic carbocycles. The van der Waals surface area contributed by atoms with Crippen LogP contribution in [0.4, 0.5) is 0 Å². The Morgan fingerprint density at radius 3 is 2.92 bits per heavy atom. The highest BCUT2D eigenvalue weighted by Gasteiger charge is 2.66. The van der Waals surface area contributed by atoms with Crippen LogP contribution >= 0.6 is 0 Å². The van der Waals surface area contributed by atoms with Gasteiger partial charge < -0.3 is 10.5 Å². The van der Waals surface area contributed by atoms with Gasteiger partial charge in [0.05, 0.1) is 11.2 Å². The molecule has 4 fully saturated rings. The van der Waals surface area contributed by atoms with Gasteiger partial charge in [0.1, 0.15) is 0 Å². The van der Waals surface area contributed by atoms with E-state index < -0.39 is 0 Å². The summed E-state index contributed by atoms with van der Waals surface area (Å²) >= 11 is 0. The zero-order chi connectivity index (χ0) is 24.1. The van der Waals surface area contributed by atoms with E-state index in [1.807, 2.05) is 12.4 Å². The third-order valence-electron chi connectivity index (χ3n) is 11.5. The molecular weight excluding hydrogens is 442 g/mol. The minimum Gasteiger partial charge on any atom is -0.359 e. The molecule has 8 rings (SSSR count). The number of hydrogen-bond donors (Lipinski definition) is 1. The van der Waals surface area contributed by atoms with Crippen molar-refractivity contribution >= 4 is 10.8 Å². The molecule has 2 bridgehead atoms. The molecule has 1 aromatic carbocycles. The summed E-state index contributed by atoms with van der Waals surface area (Å²) in [6.45, 7) is 4.81. The largest absolute Gasteiger partial charge is 0.359 e. The molecule has 36 heavy (non-hydrogen) atoms. The summed E-state index contributed by atoms with van der Waals surface area (Å²) in [5, 5.41) is 2.55. The Balaban J connectivity index is 1.14. The van der Waals surface area contributed by atoms with Crippen LogP contribution in [0.2, 0.25) is 0 Å². The maximum absolute atomic E-state index is 7.53. The molecule has 3 aliphatic heterocycles. The van der Waals surface area contributed by atoms with Crippen molar-refractivity contribution in [3.05, 3.63) is 65.5 Å². The number of nitrogens with zero attached hydrogens (tertiary/aromatic N) is 2. The first-order valence-electron chi connectivity index (χ1n) is 14.4. The lowest BCUT2D eigenvalue weighted by Crippen LogP contribution is -2.55. The van der Waals surface area contributed by atoms with E-state index in [-0.39, 0.29) is 16.6 Å². The zero-order valence-electron chi connectivity index (χ0n) is 21.6. The fourth-order valence-corrected chi connectivity index (χ4v) is 9.71. The first-order valence-corrected chi connectivity index (χ1v) is 14.4. The number of pyridine rings is 1. The van der Waals surface area contributed by atoms with Gasteiger partial charge in [-0.15, -0.1) is 0 Å². The minimum atomic E-state index is -0.0764. The zero-order valence-corrected chi connectivity index (χ0v) is 21.6. The highest BCUT2D eigenvalue weighted by atomic mass is 16.5. The topological polar surface area (TPSA) is 51.4 Å². The van der Waals surface area contributed by atoms with Crippen LogP contribution < -0.4 is 5.73 Å². The van der Waals surface area contributed by atoms with Crippen LogP contribution in [0.25, 0.3) is 10.8 Å². The van der Waals surface area contributed by atoms with Gasteiger partial charge in [0.15, 0.2) is 0 Å². The van der Waals surface area contributed by atoms with Crippen LogP contribution in [0.5, 0.6) is 0 Å². The third kappa shape index (κ3) is 2.90. The molecule has 2 saturated heterocycles. The van der Waals surface area contributed by atoms with Crippen LogP contribution in [0.15, 0.2) is 60.0 Å². The van der Waals surface area contributed by atoms with Crippen molar-refractivity contribution in [1.29, 1.82) is 0 Å². The summed E-state index contributed by atoms with van der Waals surface area (Å²) in [5.41, 5.74) is 11.1. The van der Waals surface area contributed by atoms with Crippen molar-refractivity contribution in [3.8, 4) is 0 Å². The lowest BCUT2D eigenvalue weighted by atomic mass is 9.58. The number of nitrogens with two attached hydrogens (primary N) is 1. The SMILES string of the molecule is C[C@]12CC=C3C=C4CC[C@@H](N5CC[C@@H](N)C5)C[C@]45CCC3(O5)[C@@H]1CC[C@@H]2c1ccc2ccncc2c1. The van der Waals surface area contributed by atoms with Gasteiger partial charge in [-0.05, 0) is 109 Å². The third-order valence-corrected chi connectivity index (χ3v) is 11.5. The molecule has 4 heteroatoms. The number of likely N-dealkylation sites (tertiary alicyclic amines) is 1. The lowest BCUT2D eigenvalue weighted by molar-refractivity contribution is -0.140. The van der Waals surface area contributed by atoms with E-state index in [1.54, 1.807) is 5.57 Å². The number of aromatic nitrogens is 1. The second-order valence-electron chi connectivity index (χ2n) is 13.1. The fourth-order valence-electron chi connectivity index (χ4n) is 9.71. The van der Waals surface area contributed by atoms with Crippen LogP contribution in [0.3, 0.4) is 0 Å². The number of benzene rings is 1. The summed E-state index contributed by atoms with van der Waals surface area (Å²) in [7, 11) is 0. The average molecular weight is 482 g/mol. The quantitative estimate of drug-likeness (QED) is 0.582. The number of hydrogen-bond acceptors (Lipinski definition) is 4. The standard InChI is InChI=1S/C32H39N3O/c1-30-11-8-25-17-24-4-5-27(35-15-10-26(33)20-35)18-31(24)12-13-32(25,36-31)29(30)7-6-28(30)22-3-2-21-9-14-34-19-23(21)16-22/h2-3,8-9,14,16-17,19,26-29H,4-7,10-13,15,18,20,33H2,1H3/t26-,27-,28-,29-,30-,31-,32?/m1/s1. The van der Waals surface area contributed by atoms with Gasteiger partial charge in [0.25, 0.3) is 0 Å². The van der Waals surface area contributed by atoms with Crippen molar-refractivity contribution in [3.63, 3.8) is 0 Å². The molecule has 2 saturated carbocycles. The molecule has 1 unspecified atom stereocenters. The molecule has 0 radical (unpaired) electrons. The van der Waals surface area contributed by atoms with Crippen LogP contribution in [-0.2, 0) is 4.74 Å². The molecule has 4 heterocycles. The van der Waals surface area contributed by atoms with Gasteiger partial charge in [-0.2, -0.15) is 0 Å². The van der Waals surface area contributed by atoms with E-state index in [0.717, 1.165) is 13.0 Å². The van der Waals surface area contributed by atoms with Crippen molar-refractivity contribution in [2.75, 3.05) is 13.1 Å². The van der Waals surface area contributed by atoms with Gasteiger partial charge in [-0.25, -0.2) is 0 Å². The fraction of sp³-hybridized carbons (Fsp3) is 0.594. The average Bonchev–Trinajstić information content (AvgIpc) is 3.57. The Bertz CT molecular complexity index is 1300. The number of rotatable bonds is 2. The van der Waals surface area contributed by atoms with E-state index in [0.29, 0.717) is 23.9 Å². The number of allylic oxidation sites excluding steroid dienone is 1. The Morgan fingerprint density at radius 1 is 1.08 bits per heavy atom. The molecule has 188 valence electrons. The van der Waals surface area contributed by atoms with E-state index in [1.165, 1.54) is 79.8 Å². The molecule has 0 amide bonds. The molecule has 2 aromatic rings. The van der Waals surface area contributed by atoms with Crippen LogP contribution in [0, 0.1) is 11.3 Å². The second-order valence-corrected chi connectivity index (χ2v) is 13.1. The number of ether oxygens (including phenoxy) is 1. The van der Waals surface area contributed by atoms with Gasteiger partial charge >= 0.3 is 0 Å². The van der Waals surface area contributed by atoms with E-state index in [2.05, 4.69) is 53.2 Å². The van der Waals surface area contributed by atoms with Gasteiger partial charge in [-0.3, -0.25) is 9.88 Å². The lowest BCUT2D eigenvalue weighted by Gasteiger charge is -2.55.